The number of thioether (sulfide) groups is 1. The molecule has 0 aliphatic rings. The molecule has 0 saturated carbocycles. The SMILES string of the molecule is COC(=O)c1sc(N)c(C(=O)OC)c1CSc1nnc(-c2cccc(F)c2)n1N. The maximum atomic E-state index is 13.5. The molecule has 29 heavy (non-hydrogen) atoms. The lowest BCUT2D eigenvalue weighted by atomic mass is 10.1. The van der Waals surface area contributed by atoms with E-state index >= 15 is 0 Å². The van der Waals surface area contributed by atoms with Crippen LogP contribution in [-0.4, -0.2) is 41.0 Å². The van der Waals surface area contributed by atoms with Gasteiger partial charge in [-0.2, -0.15) is 0 Å². The molecule has 12 heteroatoms. The average Bonchev–Trinajstić information content (AvgIpc) is 3.24. The first kappa shape index (κ1) is 20.6. The highest BCUT2D eigenvalue weighted by Crippen LogP contribution is 2.36. The zero-order valence-corrected chi connectivity index (χ0v) is 17.0. The van der Waals surface area contributed by atoms with Gasteiger partial charge in [0.2, 0.25) is 5.16 Å². The summed E-state index contributed by atoms with van der Waals surface area (Å²) in [6.45, 7) is 0. The van der Waals surface area contributed by atoms with Gasteiger partial charge in [-0.1, -0.05) is 23.9 Å². The van der Waals surface area contributed by atoms with Gasteiger partial charge >= 0.3 is 11.9 Å². The summed E-state index contributed by atoms with van der Waals surface area (Å²) in [7, 11) is 2.45. The monoisotopic (exact) mass is 437 g/mol. The van der Waals surface area contributed by atoms with Crippen molar-refractivity contribution in [2.45, 2.75) is 10.9 Å². The Balaban J connectivity index is 1.92. The van der Waals surface area contributed by atoms with Crippen molar-refractivity contribution in [3.8, 4) is 11.4 Å². The zero-order chi connectivity index (χ0) is 21.1. The largest absolute Gasteiger partial charge is 0.465 e. The Bertz CT molecular complexity index is 1080. The number of ether oxygens (including phenoxy) is 2. The summed E-state index contributed by atoms with van der Waals surface area (Å²) in [5.41, 5.74) is 6.82. The molecular formula is C17H16FN5O4S2. The Morgan fingerprint density at radius 2 is 1.97 bits per heavy atom. The first-order chi connectivity index (χ1) is 13.9. The summed E-state index contributed by atoms with van der Waals surface area (Å²) in [6, 6.07) is 5.77. The lowest BCUT2D eigenvalue weighted by Crippen LogP contribution is -2.12. The molecule has 3 aromatic rings. The maximum absolute atomic E-state index is 13.5. The number of hydrogen-bond acceptors (Lipinski definition) is 10. The number of halogens is 1. The highest BCUT2D eigenvalue weighted by atomic mass is 32.2. The number of esters is 2. The van der Waals surface area contributed by atoms with Crippen molar-refractivity contribution in [1.82, 2.24) is 14.9 Å². The van der Waals surface area contributed by atoms with E-state index in [1.54, 1.807) is 6.07 Å². The molecule has 0 spiro atoms. The van der Waals surface area contributed by atoms with Crippen LogP contribution in [0.5, 0.6) is 0 Å². The number of thiophene rings is 1. The number of nitrogens with zero attached hydrogens (tertiary/aromatic N) is 3. The summed E-state index contributed by atoms with van der Waals surface area (Å²) < 4.78 is 24.2. The number of carbonyl (C=O) groups is 2. The van der Waals surface area contributed by atoms with Gasteiger partial charge in [-0.3, -0.25) is 0 Å². The molecular weight excluding hydrogens is 421 g/mol. The molecule has 0 atom stereocenters. The van der Waals surface area contributed by atoms with E-state index in [0.717, 1.165) is 23.1 Å². The third-order valence-electron chi connectivity index (χ3n) is 3.89. The van der Waals surface area contributed by atoms with Crippen LogP contribution in [0.2, 0.25) is 0 Å². The number of nitrogen functional groups attached to an aromatic ring is 2. The molecule has 4 N–H and O–H groups in total. The molecule has 0 fully saturated rings. The van der Waals surface area contributed by atoms with E-state index in [0.29, 0.717) is 16.3 Å². The molecule has 2 heterocycles. The summed E-state index contributed by atoms with van der Waals surface area (Å²) in [5.74, 6) is 4.71. The van der Waals surface area contributed by atoms with Crippen LogP contribution >= 0.6 is 23.1 Å². The highest BCUT2D eigenvalue weighted by Gasteiger charge is 2.27. The van der Waals surface area contributed by atoms with Crippen LogP contribution in [0.15, 0.2) is 29.4 Å². The number of carbonyl (C=O) groups excluding carboxylic acids is 2. The van der Waals surface area contributed by atoms with Crippen molar-refractivity contribution in [3.05, 3.63) is 46.1 Å². The molecule has 152 valence electrons. The minimum Gasteiger partial charge on any atom is -0.465 e. The lowest BCUT2D eigenvalue weighted by Gasteiger charge is -2.07. The van der Waals surface area contributed by atoms with Crippen LogP contribution in [0, 0.1) is 5.82 Å². The fourth-order valence-electron chi connectivity index (χ4n) is 2.54. The molecule has 2 aromatic heterocycles. The second-order valence-corrected chi connectivity index (χ2v) is 7.60. The third kappa shape index (κ3) is 4.03. The molecule has 0 aliphatic carbocycles. The van der Waals surface area contributed by atoms with Crippen molar-refractivity contribution in [3.63, 3.8) is 0 Å². The minimum atomic E-state index is -0.667. The fraction of sp³-hybridized carbons (Fsp3) is 0.176. The normalized spacial score (nSPS) is 10.7. The van der Waals surface area contributed by atoms with Crippen molar-refractivity contribution in [1.29, 1.82) is 0 Å². The molecule has 9 nitrogen and oxygen atoms in total. The van der Waals surface area contributed by atoms with Crippen molar-refractivity contribution >= 4 is 40.0 Å². The highest BCUT2D eigenvalue weighted by molar-refractivity contribution is 7.98. The van der Waals surface area contributed by atoms with Gasteiger partial charge in [-0.05, 0) is 12.1 Å². The van der Waals surface area contributed by atoms with Crippen molar-refractivity contribution in [2.24, 2.45) is 0 Å². The summed E-state index contributed by atoms with van der Waals surface area (Å²) >= 11 is 2.06. The van der Waals surface area contributed by atoms with E-state index < -0.39 is 17.8 Å². The van der Waals surface area contributed by atoms with Gasteiger partial charge in [0.15, 0.2) is 5.82 Å². The van der Waals surface area contributed by atoms with Gasteiger partial charge < -0.3 is 21.1 Å². The number of rotatable bonds is 6. The zero-order valence-electron chi connectivity index (χ0n) is 15.3. The number of aromatic nitrogens is 3. The van der Waals surface area contributed by atoms with Crippen molar-refractivity contribution in [2.75, 3.05) is 25.8 Å². The van der Waals surface area contributed by atoms with Crippen LogP contribution in [0.4, 0.5) is 9.39 Å². The molecule has 1 aromatic carbocycles. The quantitative estimate of drug-likeness (QED) is 0.338. The Labute approximate surface area is 172 Å². The Morgan fingerprint density at radius 1 is 1.24 bits per heavy atom. The molecule has 0 amide bonds. The van der Waals surface area contributed by atoms with Gasteiger partial charge in [0.25, 0.3) is 0 Å². The maximum Gasteiger partial charge on any atom is 0.348 e. The van der Waals surface area contributed by atoms with Gasteiger partial charge in [0.05, 0.1) is 19.8 Å². The number of nitrogens with two attached hydrogens (primary N) is 2. The molecule has 0 unspecified atom stereocenters. The number of benzene rings is 1. The smallest absolute Gasteiger partial charge is 0.348 e. The predicted octanol–water partition coefficient (Wildman–Crippen LogP) is 2.31. The average molecular weight is 437 g/mol. The topological polar surface area (TPSA) is 135 Å². The van der Waals surface area contributed by atoms with Crippen LogP contribution in [0.25, 0.3) is 11.4 Å². The van der Waals surface area contributed by atoms with Crippen molar-refractivity contribution < 1.29 is 23.5 Å². The molecule has 3 rings (SSSR count). The van der Waals surface area contributed by atoms with Gasteiger partial charge in [0.1, 0.15) is 15.7 Å². The molecule has 0 aliphatic heterocycles. The molecule has 0 saturated heterocycles. The summed E-state index contributed by atoms with van der Waals surface area (Å²) in [6.07, 6.45) is 0. The van der Waals surface area contributed by atoms with E-state index in [1.807, 2.05) is 0 Å². The van der Waals surface area contributed by atoms with E-state index in [9.17, 15) is 14.0 Å². The second kappa shape index (κ2) is 8.49. The van der Waals surface area contributed by atoms with Crippen LogP contribution < -0.4 is 11.6 Å². The van der Waals surface area contributed by atoms with Gasteiger partial charge in [0, 0.05) is 16.9 Å². The second-order valence-electron chi connectivity index (χ2n) is 5.61. The Hall–Kier alpha value is -3.12. The third-order valence-corrected chi connectivity index (χ3v) is 5.90. The standard InChI is InChI=1S/C17H16FN5O4S2/c1-26-15(24)11-10(12(16(25)27-2)29-13(11)19)7-28-17-22-21-14(23(17)20)8-4-3-5-9(18)6-8/h3-6H,7,19-20H2,1-2H3. The molecule has 0 bridgehead atoms. The Kier molecular flexibility index (Phi) is 6.03. The van der Waals surface area contributed by atoms with Crippen LogP contribution in [-0.2, 0) is 15.2 Å². The van der Waals surface area contributed by atoms with Crippen LogP contribution in [0.1, 0.15) is 25.6 Å². The summed E-state index contributed by atoms with van der Waals surface area (Å²) in [5, 5.41) is 8.42. The fourth-order valence-corrected chi connectivity index (χ4v) is 4.51. The number of methoxy groups -OCH3 is 2. The number of hydrogen-bond donors (Lipinski definition) is 2. The lowest BCUT2D eigenvalue weighted by molar-refractivity contribution is 0.0601. The van der Waals surface area contributed by atoms with E-state index in [2.05, 4.69) is 10.2 Å². The number of anilines is 1. The van der Waals surface area contributed by atoms with E-state index in [4.69, 9.17) is 21.1 Å². The van der Waals surface area contributed by atoms with Gasteiger partial charge in [-0.25, -0.2) is 18.7 Å². The first-order valence-corrected chi connectivity index (χ1v) is 9.84. The summed E-state index contributed by atoms with van der Waals surface area (Å²) in [4.78, 5) is 24.4. The first-order valence-electron chi connectivity index (χ1n) is 8.04. The predicted molar refractivity (Wildman–Crippen MR) is 107 cm³/mol. The van der Waals surface area contributed by atoms with Gasteiger partial charge in [-0.15, -0.1) is 21.5 Å². The van der Waals surface area contributed by atoms with E-state index in [-0.39, 0.29) is 27.0 Å². The van der Waals surface area contributed by atoms with E-state index in [1.165, 1.54) is 37.1 Å². The Morgan fingerprint density at radius 3 is 2.62 bits per heavy atom. The molecule has 0 radical (unpaired) electrons. The minimum absolute atomic E-state index is 0.0961. The van der Waals surface area contributed by atoms with Crippen LogP contribution in [0.3, 0.4) is 0 Å².